The zero-order valence-electron chi connectivity index (χ0n) is 9.85. The third-order valence-electron chi connectivity index (χ3n) is 2.66. The third kappa shape index (κ3) is 3.26. The Morgan fingerprint density at radius 2 is 2.39 bits per heavy atom. The maximum atomic E-state index is 12.1. The third-order valence-corrected chi connectivity index (χ3v) is 4.03. The second-order valence-electron chi connectivity index (χ2n) is 4.12. The van der Waals surface area contributed by atoms with E-state index in [1.165, 1.54) is 0 Å². The largest absolute Gasteiger partial charge is 0.340 e. The molecule has 0 spiro atoms. The van der Waals surface area contributed by atoms with Crippen LogP contribution in [-0.2, 0) is 11.3 Å². The molecule has 6 heteroatoms. The minimum atomic E-state index is -0.389. The minimum Gasteiger partial charge on any atom is -0.340 e. The Morgan fingerprint density at radius 3 is 3.00 bits per heavy atom. The van der Waals surface area contributed by atoms with E-state index < -0.39 is 0 Å². The normalized spacial score (nSPS) is 18.6. The fourth-order valence-corrected chi connectivity index (χ4v) is 2.99. The predicted molar refractivity (Wildman–Crippen MR) is 75.4 cm³/mol. The second-order valence-corrected chi connectivity index (χ2v) is 6.03. The number of rotatable bonds is 3. The van der Waals surface area contributed by atoms with Gasteiger partial charge in [-0.3, -0.25) is 9.59 Å². The molecule has 2 rings (SSSR count). The van der Waals surface area contributed by atoms with Gasteiger partial charge in [0.2, 0.25) is 5.91 Å². The van der Waals surface area contributed by atoms with Gasteiger partial charge in [-0.05, 0) is 17.7 Å². The number of nitrogens with zero attached hydrogens (tertiary/aromatic N) is 1. The fraction of sp³-hybridized carbons (Fsp3) is 0.333. The molecule has 0 bridgehead atoms. The zero-order valence-corrected chi connectivity index (χ0v) is 12.3. The van der Waals surface area contributed by atoms with Crippen LogP contribution in [0.1, 0.15) is 5.56 Å². The minimum absolute atomic E-state index is 0.0478. The predicted octanol–water partition coefficient (Wildman–Crippen LogP) is 2.23. The maximum Gasteiger partial charge on any atom is 0.279 e. The smallest absolute Gasteiger partial charge is 0.279 e. The van der Waals surface area contributed by atoms with Gasteiger partial charge in [-0.15, -0.1) is 0 Å². The van der Waals surface area contributed by atoms with E-state index >= 15 is 0 Å². The summed E-state index contributed by atoms with van der Waals surface area (Å²) >= 11 is 4.55. The first kappa shape index (κ1) is 13.4. The molecule has 1 unspecified atom stereocenters. The molecule has 1 aromatic rings. The number of amides is 2. The molecule has 0 aliphatic carbocycles. The van der Waals surface area contributed by atoms with Gasteiger partial charge in [0.25, 0.3) is 5.24 Å². The van der Waals surface area contributed by atoms with Crippen molar-refractivity contribution in [1.29, 1.82) is 0 Å². The zero-order chi connectivity index (χ0) is 13.1. The Labute approximate surface area is 118 Å². The molecule has 1 atom stereocenters. The molecule has 0 saturated carbocycles. The van der Waals surface area contributed by atoms with Crippen molar-refractivity contribution in [3.63, 3.8) is 0 Å². The van der Waals surface area contributed by atoms with E-state index in [0.29, 0.717) is 12.3 Å². The van der Waals surface area contributed by atoms with Crippen molar-refractivity contribution in [3.05, 3.63) is 34.3 Å². The lowest BCUT2D eigenvalue weighted by Gasteiger charge is -2.20. The molecule has 4 nitrogen and oxygen atoms in total. The molecular weight excluding hydrogens is 316 g/mol. The second kappa shape index (κ2) is 5.75. The summed E-state index contributed by atoms with van der Waals surface area (Å²) in [5.74, 6) is 0.467. The number of nitrogens with one attached hydrogen (secondary N) is 1. The monoisotopic (exact) mass is 328 g/mol. The van der Waals surface area contributed by atoms with Gasteiger partial charge in [0.1, 0.15) is 6.04 Å². The maximum absolute atomic E-state index is 12.1. The van der Waals surface area contributed by atoms with Crippen molar-refractivity contribution >= 4 is 38.8 Å². The highest BCUT2D eigenvalue weighted by Crippen LogP contribution is 2.17. The van der Waals surface area contributed by atoms with Crippen molar-refractivity contribution in [2.75, 3.05) is 12.8 Å². The van der Waals surface area contributed by atoms with Crippen molar-refractivity contribution < 1.29 is 9.59 Å². The van der Waals surface area contributed by atoms with E-state index in [0.717, 1.165) is 21.8 Å². The van der Waals surface area contributed by atoms with Gasteiger partial charge in [-0.2, -0.15) is 0 Å². The number of carbonyl (C=O) groups excluding carboxylic acids is 2. The van der Waals surface area contributed by atoms with E-state index in [2.05, 4.69) is 21.2 Å². The molecule has 0 aromatic heterocycles. The SMILES string of the molecule is CN(Cc1cccc(Br)c1)C(=O)C1CSC(=O)N1. The first-order valence-electron chi connectivity index (χ1n) is 5.49. The first-order chi connectivity index (χ1) is 8.56. The van der Waals surface area contributed by atoms with Crippen LogP contribution in [0.5, 0.6) is 0 Å². The summed E-state index contributed by atoms with van der Waals surface area (Å²) in [5.41, 5.74) is 1.05. The van der Waals surface area contributed by atoms with E-state index in [9.17, 15) is 9.59 Å². The number of carbonyl (C=O) groups is 2. The highest BCUT2D eigenvalue weighted by atomic mass is 79.9. The molecule has 96 valence electrons. The summed E-state index contributed by atoms with van der Waals surface area (Å²) in [6.45, 7) is 0.537. The number of benzene rings is 1. The van der Waals surface area contributed by atoms with Crippen LogP contribution in [0, 0.1) is 0 Å². The van der Waals surface area contributed by atoms with Gasteiger partial charge in [-0.25, -0.2) is 0 Å². The van der Waals surface area contributed by atoms with E-state index in [1.54, 1.807) is 11.9 Å². The van der Waals surface area contributed by atoms with E-state index in [-0.39, 0.29) is 17.2 Å². The molecule has 18 heavy (non-hydrogen) atoms. The fourth-order valence-electron chi connectivity index (χ4n) is 1.77. The standard InChI is InChI=1S/C12H13BrN2O2S/c1-15(6-8-3-2-4-9(13)5-8)11(16)10-7-18-12(17)14-10/h2-5,10H,6-7H2,1H3,(H,14,17). The number of thioether (sulfide) groups is 1. The van der Waals surface area contributed by atoms with Gasteiger partial charge in [0, 0.05) is 23.8 Å². The molecule has 0 radical (unpaired) electrons. The lowest BCUT2D eigenvalue weighted by Crippen LogP contribution is -2.43. The van der Waals surface area contributed by atoms with Crippen LogP contribution in [-0.4, -0.2) is 34.9 Å². The number of halogens is 1. The van der Waals surface area contributed by atoms with Crippen LogP contribution in [0.2, 0.25) is 0 Å². The first-order valence-corrected chi connectivity index (χ1v) is 7.27. The van der Waals surface area contributed by atoms with Crippen molar-refractivity contribution in [2.45, 2.75) is 12.6 Å². The molecule has 1 heterocycles. The van der Waals surface area contributed by atoms with Gasteiger partial charge >= 0.3 is 0 Å². The Balaban J connectivity index is 1.97. The summed E-state index contributed by atoms with van der Waals surface area (Å²) < 4.78 is 0.991. The summed E-state index contributed by atoms with van der Waals surface area (Å²) in [6, 6.07) is 7.44. The molecule has 1 N–H and O–H groups in total. The molecule has 1 aliphatic heterocycles. The number of hydrogen-bond acceptors (Lipinski definition) is 3. The van der Waals surface area contributed by atoms with Crippen molar-refractivity contribution in [1.82, 2.24) is 10.2 Å². The summed E-state index contributed by atoms with van der Waals surface area (Å²) in [4.78, 5) is 24.8. The Kier molecular flexibility index (Phi) is 4.29. The van der Waals surface area contributed by atoms with Gasteiger partial charge in [0.15, 0.2) is 0 Å². The molecule has 2 amide bonds. The summed E-state index contributed by atoms with van der Waals surface area (Å²) in [5, 5.41) is 2.53. The van der Waals surface area contributed by atoms with Gasteiger partial charge in [-0.1, -0.05) is 39.8 Å². The molecule has 1 fully saturated rings. The van der Waals surface area contributed by atoms with Crippen LogP contribution in [0.15, 0.2) is 28.7 Å². The van der Waals surface area contributed by atoms with E-state index in [4.69, 9.17) is 0 Å². The Morgan fingerprint density at radius 1 is 1.61 bits per heavy atom. The molecule has 1 aliphatic rings. The average molecular weight is 329 g/mol. The molecule has 1 aromatic carbocycles. The highest BCUT2D eigenvalue weighted by molar-refractivity contribution is 9.10. The van der Waals surface area contributed by atoms with Crippen LogP contribution in [0.25, 0.3) is 0 Å². The van der Waals surface area contributed by atoms with Crippen LogP contribution >= 0.6 is 27.7 Å². The Hall–Kier alpha value is -1.01. The Bertz CT molecular complexity index is 481. The summed E-state index contributed by atoms with van der Waals surface area (Å²) in [7, 11) is 1.75. The summed E-state index contributed by atoms with van der Waals surface area (Å²) in [6.07, 6.45) is 0. The number of hydrogen-bond donors (Lipinski definition) is 1. The van der Waals surface area contributed by atoms with Crippen LogP contribution < -0.4 is 5.32 Å². The average Bonchev–Trinajstić information content (AvgIpc) is 2.75. The van der Waals surface area contributed by atoms with Crippen molar-refractivity contribution in [3.8, 4) is 0 Å². The van der Waals surface area contributed by atoms with E-state index in [1.807, 2.05) is 24.3 Å². The van der Waals surface area contributed by atoms with Crippen LogP contribution in [0.3, 0.4) is 0 Å². The highest BCUT2D eigenvalue weighted by Gasteiger charge is 2.30. The van der Waals surface area contributed by atoms with Gasteiger partial charge in [0.05, 0.1) is 0 Å². The lowest BCUT2D eigenvalue weighted by molar-refractivity contribution is -0.131. The van der Waals surface area contributed by atoms with Crippen LogP contribution in [0.4, 0.5) is 4.79 Å². The lowest BCUT2D eigenvalue weighted by atomic mass is 10.2. The quantitative estimate of drug-likeness (QED) is 0.925. The molecule has 1 saturated heterocycles. The van der Waals surface area contributed by atoms with Crippen molar-refractivity contribution in [2.24, 2.45) is 0 Å². The topological polar surface area (TPSA) is 49.4 Å². The number of likely N-dealkylation sites (N-methyl/N-ethyl adjacent to an activating group) is 1. The molecular formula is C12H13BrN2O2S. The van der Waals surface area contributed by atoms with Gasteiger partial charge < -0.3 is 10.2 Å².